The number of aromatic amines is 1. The maximum absolute atomic E-state index is 5.52. The van der Waals surface area contributed by atoms with E-state index < -0.39 is 0 Å². The average Bonchev–Trinajstić information content (AvgIpc) is 3.13. The molecule has 3 heterocycles. The summed E-state index contributed by atoms with van der Waals surface area (Å²) >= 11 is 0. The number of nitrogens with zero attached hydrogens (tertiary/aromatic N) is 4. The Labute approximate surface area is 152 Å². The minimum absolute atomic E-state index is 0.438. The third-order valence-electron chi connectivity index (χ3n) is 5.12. The first-order valence-electron chi connectivity index (χ1n) is 8.87. The number of rotatable bonds is 5. The number of nitrogens with one attached hydrogen (secondary N) is 1. The van der Waals surface area contributed by atoms with Crippen molar-refractivity contribution in [2.24, 2.45) is 0 Å². The zero-order chi connectivity index (χ0) is 17.9. The van der Waals surface area contributed by atoms with Crippen LogP contribution in [-0.2, 0) is 6.54 Å². The molecule has 2 aromatic heterocycles. The van der Waals surface area contributed by atoms with Crippen LogP contribution >= 0.6 is 0 Å². The summed E-state index contributed by atoms with van der Waals surface area (Å²) in [5.41, 5.74) is 3.82. The fourth-order valence-corrected chi connectivity index (χ4v) is 3.74. The highest BCUT2D eigenvalue weighted by Gasteiger charge is 2.25. The van der Waals surface area contributed by atoms with E-state index in [1.807, 2.05) is 18.2 Å². The molecule has 3 aromatic rings. The smallest absolute Gasteiger partial charge is 0.199 e. The third-order valence-corrected chi connectivity index (χ3v) is 5.12. The summed E-state index contributed by atoms with van der Waals surface area (Å²) in [7, 11) is 3.41. The molecule has 1 aromatic carbocycles. The zero-order valence-corrected chi connectivity index (χ0v) is 15.1. The predicted octanol–water partition coefficient (Wildman–Crippen LogP) is 2.75. The Morgan fingerprint density at radius 2 is 1.77 bits per heavy atom. The second-order valence-corrected chi connectivity index (χ2v) is 6.56. The summed E-state index contributed by atoms with van der Waals surface area (Å²) in [6, 6.07) is 5.93. The number of likely N-dealkylation sites (tertiary alicyclic amines) is 1. The lowest BCUT2D eigenvalue weighted by atomic mass is 9.92. The normalized spacial score (nSPS) is 16.1. The van der Waals surface area contributed by atoms with Crippen LogP contribution in [0.15, 0.2) is 30.6 Å². The fourth-order valence-electron chi connectivity index (χ4n) is 3.74. The van der Waals surface area contributed by atoms with Crippen LogP contribution in [-0.4, -0.2) is 52.4 Å². The van der Waals surface area contributed by atoms with E-state index in [1.54, 1.807) is 26.6 Å². The average molecular weight is 353 g/mol. The number of hydrogen-bond donors (Lipinski definition) is 1. The number of benzene rings is 1. The minimum Gasteiger partial charge on any atom is -0.496 e. The number of piperidine rings is 1. The van der Waals surface area contributed by atoms with Crippen LogP contribution in [0.2, 0.25) is 0 Å². The Kier molecular flexibility index (Phi) is 4.71. The molecule has 0 saturated carbocycles. The molecule has 4 rings (SSSR count). The molecule has 1 N–H and O–H groups in total. The van der Waals surface area contributed by atoms with Crippen LogP contribution < -0.4 is 9.47 Å². The van der Waals surface area contributed by atoms with Gasteiger partial charge in [-0.3, -0.25) is 10.00 Å². The molecule has 0 aliphatic carbocycles. The summed E-state index contributed by atoms with van der Waals surface area (Å²) in [4.78, 5) is 11.2. The van der Waals surface area contributed by atoms with Crippen LogP contribution in [0.25, 0.3) is 11.2 Å². The number of methoxy groups -OCH3 is 2. The Bertz CT molecular complexity index is 864. The first-order valence-corrected chi connectivity index (χ1v) is 8.87. The van der Waals surface area contributed by atoms with Gasteiger partial charge >= 0.3 is 0 Å². The van der Waals surface area contributed by atoms with Crippen molar-refractivity contribution in [3.05, 3.63) is 41.9 Å². The van der Waals surface area contributed by atoms with Crippen molar-refractivity contribution in [3.8, 4) is 11.5 Å². The van der Waals surface area contributed by atoms with Crippen molar-refractivity contribution < 1.29 is 9.47 Å². The SMILES string of the molecule is COc1cccc(OC)c1CN1CCC(c2[nH]nc3nccnc23)CC1. The minimum atomic E-state index is 0.438. The molecule has 0 atom stereocenters. The molecular formula is C19H23N5O2. The zero-order valence-electron chi connectivity index (χ0n) is 15.1. The molecule has 26 heavy (non-hydrogen) atoms. The summed E-state index contributed by atoms with van der Waals surface area (Å²) in [6.07, 6.45) is 5.53. The highest BCUT2D eigenvalue weighted by Crippen LogP contribution is 2.33. The van der Waals surface area contributed by atoms with Crippen LogP contribution in [0.5, 0.6) is 11.5 Å². The molecule has 0 radical (unpaired) electrons. The Morgan fingerprint density at radius 3 is 2.46 bits per heavy atom. The van der Waals surface area contributed by atoms with Gasteiger partial charge in [-0.25, -0.2) is 9.97 Å². The largest absolute Gasteiger partial charge is 0.496 e. The topological polar surface area (TPSA) is 76.2 Å². The van der Waals surface area contributed by atoms with E-state index in [0.717, 1.165) is 60.7 Å². The van der Waals surface area contributed by atoms with Gasteiger partial charge in [-0.1, -0.05) is 6.07 Å². The molecule has 0 bridgehead atoms. The van der Waals surface area contributed by atoms with Crippen LogP contribution in [0, 0.1) is 0 Å². The summed E-state index contributed by atoms with van der Waals surface area (Å²) in [5, 5.41) is 7.43. The summed E-state index contributed by atoms with van der Waals surface area (Å²) < 4.78 is 11.0. The van der Waals surface area contributed by atoms with Crippen molar-refractivity contribution in [2.75, 3.05) is 27.3 Å². The van der Waals surface area contributed by atoms with Crippen molar-refractivity contribution in [1.29, 1.82) is 0 Å². The second kappa shape index (κ2) is 7.29. The van der Waals surface area contributed by atoms with E-state index >= 15 is 0 Å². The maximum Gasteiger partial charge on any atom is 0.199 e. The molecule has 0 unspecified atom stereocenters. The van der Waals surface area contributed by atoms with Gasteiger partial charge in [0.2, 0.25) is 0 Å². The van der Waals surface area contributed by atoms with Gasteiger partial charge in [0.15, 0.2) is 5.65 Å². The van der Waals surface area contributed by atoms with Crippen molar-refractivity contribution in [1.82, 2.24) is 25.1 Å². The van der Waals surface area contributed by atoms with Crippen molar-refractivity contribution in [2.45, 2.75) is 25.3 Å². The van der Waals surface area contributed by atoms with E-state index in [0.29, 0.717) is 11.6 Å². The van der Waals surface area contributed by atoms with E-state index in [9.17, 15) is 0 Å². The first kappa shape index (κ1) is 16.8. The standard InChI is InChI=1S/C19H23N5O2/c1-25-15-4-3-5-16(26-2)14(15)12-24-10-6-13(7-11-24)17-18-19(23-22-17)21-9-8-20-18/h3-5,8-9,13H,6-7,10-12H2,1-2H3,(H,21,22,23). The molecule has 1 fully saturated rings. The monoisotopic (exact) mass is 353 g/mol. The molecule has 1 aliphatic rings. The number of fused-ring (bicyclic) bond motifs is 1. The Morgan fingerprint density at radius 1 is 1.08 bits per heavy atom. The van der Waals surface area contributed by atoms with Crippen molar-refractivity contribution >= 4 is 11.2 Å². The Balaban J connectivity index is 1.46. The number of aromatic nitrogens is 4. The molecule has 0 amide bonds. The quantitative estimate of drug-likeness (QED) is 0.760. The van der Waals surface area contributed by atoms with Crippen LogP contribution in [0.1, 0.15) is 30.0 Å². The predicted molar refractivity (Wildman–Crippen MR) is 98.5 cm³/mol. The number of hydrogen-bond acceptors (Lipinski definition) is 6. The molecule has 7 nitrogen and oxygen atoms in total. The highest BCUT2D eigenvalue weighted by atomic mass is 16.5. The fraction of sp³-hybridized carbons (Fsp3) is 0.421. The van der Waals surface area contributed by atoms with E-state index in [2.05, 4.69) is 25.1 Å². The van der Waals surface area contributed by atoms with Crippen LogP contribution in [0.4, 0.5) is 0 Å². The second-order valence-electron chi connectivity index (χ2n) is 6.56. The molecule has 136 valence electrons. The van der Waals surface area contributed by atoms with Gasteiger partial charge in [-0.15, -0.1) is 0 Å². The van der Waals surface area contributed by atoms with Gasteiger partial charge in [-0.05, 0) is 38.1 Å². The lowest BCUT2D eigenvalue weighted by Gasteiger charge is -2.32. The van der Waals surface area contributed by atoms with Gasteiger partial charge in [0, 0.05) is 24.9 Å². The van der Waals surface area contributed by atoms with E-state index in [4.69, 9.17) is 9.47 Å². The number of H-pyrrole nitrogens is 1. The summed E-state index contributed by atoms with van der Waals surface area (Å²) in [6.45, 7) is 2.84. The molecule has 0 spiro atoms. The maximum atomic E-state index is 5.52. The van der Waals surface area contributed by atoms with Crippen molar-refractivity contribution in [3.63, 3.8) is 0 Å². The van der Waals surface area contributed by atoms with Gasteiger partial charge in [0.05, 0.1) is 25.5 Å². The lowest BCUT2D eigenvalue weighted by molar-refractivity contribution is 0.199. The van der Waals surface area contributed by atoms with Gasteiger partial charge in [-0.2, -0.15) is 5.10 Å². The molecule has 7 heteroatoms. The molecular weight excluding hydrogens is 330 g/mol. The van der Waals surface area contributed by atoms with Gasteiger partial charge < -0.3 is 9.47 Å². The lowest BCUT2D eigenvalue weighted by Crippen LogP contribution is -2.32. The van der Waals surface area contributed by atoms with Gasteiger partial charge in [0.25, 0.3) is 0 Å². The van der Waals surface area contributed by atoms with Gasteiger partial charge in [0.1, 0.15) is 17.0 Å². The van der Waals surface area contributed by atoms with Crippen LogP contribution in [0.3, 0.4) is 0 Å². The molecule has 1 saturated heterocycles. The molecule has 1 aliphatic heterocycles. The summed E-state index contributed by atoms with van der Waals surface area (Å²) in [5.74, 6) is 2.19. The van der Waals surface area contributed by atoms with E-state index in [1.165, 1.54) is 0 Å². The highest BCUT2D eigenvalue weighted by molar-refractivity contribution is 5.72. The number of ether oxygens (including phenoxy) is 2. The third kappa shape index (κ3) is 3.10. The van der Waals surface area contributed by atoms with E-state index in [-0.39, 0.29) is 0 Å². The first-order chi connectivity index (χ1) is 12.8. The Hall–Kier alpha value is -2.67.